The van der Waals surface area contributed by atoms with Crippen LogP contribution in [-0.2, 0) is 4.79 Å². The predicted octanol–water partition coefficient (Wildman–Crippen LogP) is 3.35. The Balaban J connectivity index is 1.43. The molecule has 3 atom stereocenters. The molecule has 1 saturated carbocycles. The maximum absolute atomic E-state index is 11.4. The molecule has 0 saturated heterocycles. The van der Waals surface area contributed by atoms with Gasteiger partial charge in [0.2, 0.25) is 5.91 Å². The van der Waals surface area contributed by atoms with Crippen molar-refractivity contribution in [2.75, 3.05) is 22.9 Å². The Kier molecular flexibility index (Phi) is 2.99. The molecule has 104 valence electrons. The van der Waals surface area contributed by atoms with E-state index in [1.807, 2.05) is 0 Å². The van der Waals surface area contributed by atoms with Crippen LogP contribution in [-0.4, -0.2) is 18.2 Å². The number of hydrogen-bond donors (Lipinski definition) is 2. The number of benzene rings is 1. The first-order valence-electron chi connectivity index (χ1n) is 7.27. The van der Waals surface area contributed by atoms with Crippen LogP contribution < -0.4 is 10.6 Å². The van der Waals surface area contributed by atoms with E-state index in [0.717, 1.165) is 40.6 Å². The first-order valence-corrected chi connectivity index (χ1v) is 8.25. The van der Waals surface area contributed by atoms with Crippen molar-refractivity contribution < 1.29 is 4.79 Å². The van der Waals surface area contributed by atoms with Gasteiger partial charge in [0.15, 0.2) is 0 Å². The molecule has 0 radical (unpaired) electrons. The zero-order valence-electron chi connectivity index (χ0n) is 11.3. The van der Waals surface area contributed by atoms with Gasteiger partial charge in [0, 0.05) is 17.1 Å². The Labute approximate surface area is 123 Å². The lowest BCUT2D eigenvalue weighted by Crippen LogP contribution is -2.20. The molecule has 1 aromatic rings. The quantitative estimate of drug-likeness (QED) is 0.837. The largest absolute Gasteiger partial charge is 0.385 e. The SMILES string of the molecule is O=C1CSc2ccc(NCC3CC4C=CC3C4)cc2N1. The van der Waals surface area contributed by atoms with E-state index in [2.05, 4.69) is 41.0 Å². The van der Waals surface area contributed by atoms with Gasteiger partial charge in [-0.05, 0) is 48.8 Å². The maximum atomic E-state index is 11.4. The molecule has 0 spiro atoms. The van der Waals surface area contributed by atoms with E-state index in [9.17, 15) is 4.79 Å². The van der Waals surface area contributed by atoms with E-state index in [-0.39, 0.29) is 5.91 Å². The van der Waals surface area contributed by atoms with Crippen molar-refractivity contribution in [2.24, 2.45) is 17.8 Å². The molecule has 1 aliphatic heterocycles. The Hall–Kier alpha value is -1.42. The average molecular weight is 286 g/mol. The van der Waals surface area contributed by atoms with Crippen LogP contribution in [0.5, 0.6) is 0 Å². The Morgan fingerprint density at radius 3 is 3.05 bits per heavy atom. The van der Waals surface area contributed by atoms with Gasteiger partial charge in [-0.1, -0.05) is 12.2 Å². The minimum atomic E-state index is 0.0953. The monoisotopic (exact) mass is 286 g/mol. The van der Waals surface area contributed by atoms with Crippen molar-refractivity contribution >= 4 is 29.0 Å². The van der Waals surface area contributed by atoms with Crippen molar-refractivity contribution in [3.8, 4) is 0 Å². The third-order valence-corrected chi connectivity index (χ3v) is 5.67. The van der Waals surface area contributed by atoms with Crippen molar-refractivity contribution in [3.63, 3.8) is 0 Å². The predicted molar refractivity (Wildman–Crippen MR) is 83.1 cm³/mol. The molecule has 2 bridgehead atoms. The van der Waals surface area contributed by atoms with Gasteiger partial charge in [-0.2, -0.15) is 0 Å². The molecule has 3 nitrogen and oxygen atoms in total. The number of hydrogen-bond acceptors (Lipinski definition) is 3. The van der Waals surface area contributed by atoms with Gasteiger partial charge in [-0.15, -0.1) is 11.8 Å². The van der Waals surface area contributed by atoms with Crippen LogP contribution in [0, 0.1) is 17.8 Å². The van der Waals surface area contributed by atoms with Crippen LogP contribution >= 0.6 is 11.8 Å². The van der Waals surface area contributed by atoms with Crippen molar-refractivity contribution in [3.05, 3.63) is 30.4 Å². The Morgan fingerprint density at radius 2 is 2.25 bits per heavy atom. The van der Waals surface area contributed by atoms with Crippen LogP contribution in [0.1, 0.15) is 12.8 Å². The molecular formula is C16H18N2OS. The van der Waals surface area contributed by atoms with E-state index in [4.69, 9.17) is 0 Å². The summed E-state index contributed by atoms with van der Waals surface area (Å²) in [7, 11) is 0. The molecule has 1 aromatic carbocycles. The smallest absolute Gasteiger partial charge is 0.234 e. The summed E-state index contributed by atoms with van der Waals surface area (Å²) in [6.07, 6.45) is 7.45. The normalized spacial score (nSPS) is 30.2. The second-order valence-electron chi connectivity index (χ2n) is 5.97. The number of nitrogens with one attached hydrogen (secondary N) is 2. The molecule has 3 unspecified atom stereocenters. The number of fused-ring (bicyclic) bond motifs is 3. The van der Waals surface area contributed by atoms with Crippen LogP contribution in [0.15, 0.2) is 35.2 Å². The first-order chi connectivity index (χ1) is 9.78. The minimum Gasteiger partial charge on any atom is -0.385 e. The van der Waals surface area contributed by atoms with Gasteiger partial charge in [0.1, 0.15) is 0 Å². The average Bonchev–Trinajstić information content (AvgIpc) is 3.07. The van der Waals surface area contributed by atoms with E-state index in [1.165, 1.54) is 12.8 Å². The van der Waals surface area contributed by atoms with E-state index in [1.54, 1.807) is 11.8 Å². The van der Waals surface area contributed by atoms with Crippen LogP contribution in [0.2, 0.25) is 0 Å². The molecular weight excluding hydrogens is 268 g/mol. The molecule has 20 heavy (non-hydrogen) atoms. The fourth-order valence-electron chi connectivity index (χ4n) is 3.57. The molecule has 2 N–H and O–H groups in total. The summed E-state index contributed by atoms with van der Waals surface area (Å²) in [4.78, 5) is 12.6. The molecule has 3 aliphatic rings. The standard InChI is InChI=1S/C16H18N2OS/c19-16-9-20-15-4-3-13(7-14(15)18-16)17-8-12-6-10-1-2-11(12)5-10/h1-4,7,10-12,17H,5-6,8-9H2,(H,18,19). The first kappa shape index (κ1) is 12.3. The highest BCUT2D eigenvalue weighted by atomic mass is 32.2. The number of anilines is 2. The summed E-state index contributed by atoms with van der Waals surface area (Å²) in [5.41, 5.74) is 2.06. The molecule has 0 aromatic heterocycles. The highest BCUT2D eigenvalue weighted by molar-refractivity contribution is 8.00. The second-order valence-corrected chi connectivity index (χ2v) is 6.99. The zero-order chi connectivity index (χ0) is 13.5. The molecule has 4 rings (SSSR count). The zero-order valence-corrected chi connectivity index (χ0v) is 12.1. The van der Waals surface area contributed by atoms with Gasteiger partial charge >= 0.3 is 0 Å². The van der Waals surface area contributed by atoms with E-state index >= 15 is 0 Å². The number of amides is 1. The minimum absolute atomic E-state index is 0.0953. The Bertz CT molecular complexity index is 584. The third-order valence-electron chi connectivity index (χ3n) is 4.60. The molecule has 1 heterocycles. The summed E-state index contributed by atoms with van der Waals surface area (Å²) in [6, 6.07) is 6.28. The maximum Gasteiger partial charge on any atom is 0.234 e. The fraction of sp³-hybridized carbons (Fsp3) is 0.438. The van der Waals surface area contributed by atoms with Gasteiger partial charge in [0.25, 0.3) is 0 Å². The highest BCUT2D eigenvalue weighted by Crippen LogP contribution is 2.43. The molecule has 1 fully saturated rings. The van der Waals surface area contributed by atoms with Gasteiger partial charge < -0.3 is 10.6 Å². The molecule has 2 aliphatic carbocycles. The van der Waals surface area contributed by atoms with Gasteiger partial charge in [0.05, 0.1) is 11.4 Å². The Morgan fingerprint density at radius 1 is 1.30 bits per heavy atom. The number of carbonyl (C=O) groups excluding carboxylic acids is 1. The third kappa shape index (κ3) is 2.22. The lowest BCUT2D eigenvalue weighted by molar-refractivity contribution is -0.113. The number of rotatable bonds is 3. The summed E-state index contributed by atoms with van der Waals surface area (Å²) in [5.74, 6) is 2.99. The number of thioether (sulfide) groups is 1. The van der Waals surface area contributed by atoms with Crippen LogP contribution in [0.25, 0.3) is 0 Å². The summed E-state index contributed by atoms with van der Waals surface area (Å²) >= 11 is 1.61. The van der Waals surface area contributed by atoms with Crippen molar-refractivity contribution in [1.29, 1.82) is 0 Å². The highest BCUT2D eigenvalue weighted by Gasteiger charge is 2.35. The van der Waals surface area contributed by atoms with Crippen molar-refractivity contribution in [2.45, 2.75) is 17.7 Å². The molecule has 1 amide bonds. The van der Waals surface area contributed by atoms with Crippen LogP contribution in [0.3, 0.4) is 0 Å². The molecule has 4 heteroatoms. The van der Waals surface area contributed by atoms with Crippen LogP contribution in [0.4, 0.5) is 11.4 Å². The van der Waals surface area contributed by atoms with Gasteiger partial charge in [-0.3, -0.25) is 4.79 Å². The summed E-state index contributed by atoms with van der Waals surface area (Å²) in [6.45, 7) is 1.03. The summed E-state index contributed by atoms with van der Waals surface area (Å²) in [5, 5.41) is 6.49. The van der Waals surface area contributed by atoms with E-state index in [0.29, 0.717) is 5.75 Å². The fourth-order valence-corrected chi connectivity index (χ4v) is 4.36. The number of allylic oxidation sites excluding steroid dienone is 2. The van der Waals surface area contributed by atoms with Gasteiger partial charge in [-0.25, -0.2) is 0 Å². The lowest BCUT2D eigenvalue weighted by atomic mass is 9.93. The topological polar surface area (TPSA) is 41.1 Å². The van der Waals surface area contributed by atoms with Crippen molar-refractivity contribution in [1.82, 2.24) is 0 Å². The second kappa shape index (κ2) is 4.85. The lowest BCUT2D eigenvalue weighted by Gasteiger charge is -2.21. The summed E-state index contributed by atoms with van der Waals surface area (Å²) < 4.78 is 0. The number of carbonyl (C=O) groups is 1. The van der Waals surface area contributed by atoms with E-state index < -0.39 is 0 Å².